The molecule has 0 saturated heterocycles. The van der Waals surface area contributed by atoms with Crippen LogP contribution in [0.25, 0.3) is 0 Å². The molecule has 0 spiro atoms. The lowest BCUT2D eigenvalue weighted by atomic mass is 10.1. The highest BCUT2D eigenvalue weighted by Gasteiger charge is 2.24. The van der Waals surface area contributed by atoms with E-state index in [0.717, 1.165) is 19.3 Å². The summed E-state index contributed by atoms with van der Waals surface area (Å²) in [5.41, 5.74) is 0. The molecule has 0 amide bonds. The van der Waals surface area contributed by atoms with Crippen LogP contribution in [0.2, 0.25) is 0 Å². The summed E-state index contributed by atoms with van der Waals surface area (Å²) in [6.45, 7) is 8.41. The lowest BCUT2D eigenvalue weighted by molar-refractivity contribution is -0.301. The van der Waals surface area contributed by atoms with Crippen LogP contribution >= 0.6 is 0 Å². The highest BCUT2D eigenvalue weighted by atomic mass is 17.3. The van der Waals surface area contributed by atoms with E-state index in [0.29, 0.717) is 19.8 Å². The van der Waals surface area contributed by atoms with Gasteiger partial charge in [0.15, 0.2) is 0 Å². The van der Waals surface area contributed by atoms with E-state index in [1.807, 2.05) is 0 Å². The van der Waals surface area contributed by atoms with Gasteiger partial charge in [0.05, 0.1) is 13.2 Å². The Morgan fingerprint density at radius 1 is 0.400 bits per heavy atom. The fourth-order valence-electron chi connectivity index (χ4n) is 3.22. The Kier molecular flexibility index (Phi) is 26.8. The first kappa shape index (κ1) is 29.9. The predicted molar refractivity (Wildman–Crippen MR) is 126 cm³/mol. The molecule has 0 aromatic rings. The monoisotopic (exact) mass is 430 g/mol. The van der Waals surface area contributed by atoms with E-state index in [9.17, 15) is 0 Å². The van der Waals surface area contributed by atoms with Crippen molar-refractivity contribution in [2.45, 2.75) is 136 Å². The summed E-state index contributed by atoms with van der Waals surface area (Å²) >= 11 is 0. The minimum absolute atomic E-state index is 0.559. The molecular weight excluding hydrogens is 379 g/mol. The van der Waals surface area contributed by atoms with Gasteiger partial charge in [0.1, 0.15) is 0 Å². The summed E-state index contributed by atoms with van der Waals surface area (Å²) in [5.74, 6) is 0. The maximum atomic E-state index is 5.67. The van der Waals surface area contributed by atoms with Gasteiger partial charge in [-0.25, -0.2) is 19.4 Å². The number of hydrogen-bond donors (Lipinski definition) is 0. The van der Waals surface area contributed by atoms with E-state index in [1.165, 1.54) is 96.3 Å². The number of rotatable bonds is 26. The van der Waals surface area contributed by atoms with Crippen LogP contribution in [0.15, 0.2) is 0 Å². The molecule has 0 bridgehead atoms. The minimum Gasteiger partial charge on any atom is -0.383 e. The van der Waals surface area contributed by atoms with E-state index in [1.54, 1.807) is 0 Å². The van der Waals surface area contributed by atoms with Crippen molar-refractivity contribution in [3.8, 4) is 0 Å². The van der Waals surface area contributed by atoms with Crippen LogP contribution in [0, 0.1) is 0 Å². The third-order valence-electron chi connectivity index (χ3n) is 5.21. The lowest BCUT2D eigenvalue weighted by Crippen LogP contribution is -2.28. The molecule has 0 aromatic carbocycles. The Bertz CT molecular complexity index is 287. The summed E-state index contributed by atoms with van der Waals surface area (Å²) in [6, 6.07) is 0. The largest absolute Gasteiger partial charge is 0.696 e. The molecule has 180 valence electrons. The van der Waals surface area contributed by atoms with E-state index in [-0.39, 0.29) is 0 Å². The average Bonchev–Trinajstić information content (AvgIpc) is 2.76. The summed E-state index contributed by atoms with van der Waals surface area (Å²) in [6.07, 6.45) is 21.9. The Labute approximate surface area is 187 Å². The highest BCUT2D eigenvalue weighted by molar-refractivity contribution is 6.35. The van der Waals surface area contributed by atoms with E-state index < -0.39 is 7.32 Å². The molecule has 0 unspecified atom stereocenters. The predicted octanol–water partition coefficient (Wildman–Crippen LogP) is 7.97. The normalized spacial score (nSPS) is 11.3. The van der Waals surface area contributed by atoms with Gasteiger partial charge in [0.25, 0.3) is 0 Å². The molecule has 0 saturated carbocycles. The molecule has 0 atom stereocenters. The van der Waals surface area contributed by atoms with Gasteiger partial charge < -0.3 is 4.65 Å². The molecule has 0 aliphatic rings. The molecule has 0 aliphatic heterocycles. The van der Waals surface area contributed by atoms with Gasteiger partial charge in [-0.05, 0) is 19.3 Å². The minimum atomic E-state index is -0.902. The first-order valence-electron chi connectivity index (χ1n) is 13.0. The standard InChI is InChI=1S/C24H51BO5/c1-4-7-10-13-16-19-22-26-25(29-27-23-20-17-14-11-8-5-2)30-28-24-21-18-15-12-9-6-3/h4-24H2,1-3H3. The van der Waals surface area contributed by atoms with Crippen LogP contribution in [0.3, 0.4) is 0 Å². The zero-order chi connectivity index (χ0) is 22.0. The fraction of sp³-hybridized carbons (Fsp3) is 1.00. The molecule has 0 radical (unpaired) electrons. The molecular formula is C24H51BO5. The molecule has 0 aliphatic carbocycles. The quantitative estimate of drug-likeness (QED) is 0.0603. The third kappa shape index (κ3) is 24.1. The van der Waals surface area contributed by atoms with Crippen molar-refractivity contribution in [2.24, 2.45) is 0 Å². The van der Waals surface area contributed by atoms with Gasteiger partial charge in [-0.15, -0.1) is 0 Å². The lowest BCUT2D eigenvalue weighted by Gasteiger charge is -2.13. The van der Waals surface area contributed by atoms with Gasteiger partial charge in [-0.1, -0.05) is 117 Å². The van der Waals surface area contributed by atoms with E-state index in [2.05, 4.69) is 20.8 Å². The topological polar surface area (TPSA) is 46.2 Å². The second-order valence-corrected chi connectivity index (χ2v) is 8.30. The molecule has 6 heteroatoms. The van der Waals surface area contributed by atoms with Crippen LogP contribution in [0.5, 0.6) is 0 Å². The Morgan fingerprint density at radius 3 is 1.13 bits per heavy atom. The van der Waals surface area contributed by atoms with Crippen molar-refractivity contribution in [3.63, 3.8) is 0 Å². The van der Waals surface area contributed by atoms with Crippen LogP contribution in [-0.2, 0) is 24.0 Å². The second-order valence-electron chi connectivity index (χ2n) is 8.30. The number of unbranched alkanes of at least 4 members (excludes halogenated alkanes) is 15. The van der Waals surface area contributed by atoms with Gasteiger partial charge in [-0.3, -0.25) is 0 Å². The van der Waals surface area contributed by atoms with Crippen molar-refractivity contribution in [1.82, 2.24) is 0 Å². The summed E-state index contributed by atoms with van der Waals surface area (Å²) in [5, 5.41) is 0. The van der Waals surface area contributed by atoms with Crippen LogP contribution in [0.4, 0.5) is 0 Å². The van der Waals surface area contributed by atoms with Gasteiger partial charge in [-0.2, -0.15) is 0 Å². The smallest absolute Gasteiger partial charge is 0.383 e. The van der Waals surface area contributed by atoms with E-state index in [4.69, 9.17) is 24.0 Å². The average molecular weight is 430 g/mol. The fourth-order valence-corrected chi connectivity index (χ4v) is 3.22. The maximum Gasteiger partial charge on any atom is 0.696 e. The zero-order valence-corrected chi connectivity index (χ0v) is 20.5. The van der Waals surface area contributed by atoms with Gasteiger partial charge in [0.2, 0.25) is 0 Å². The van der Waals surface area contributed by atoms with Crippen molar-refractivity contribution >= 4 is 7.32 Å². The van der Waals surface area contributed by atoms with Crippen molar-refractivity contribution in [3.05, 3.63) is 0 Å². The van der Waals surface area contributed by atoms with Gasteiger partial charge >= 0.3 is 7.32 Å². The molecule has 0 heterocycles. The van der Waals surface area contributed by atoms with Crippen LogP contribution in [0.1, 0.15) is 136 Å². The Morgan fingerprint density at radius 2 is 0.733 bits per heavy atom. The molecule has 0 fully saturated rings. The van der Waals surface area contributed by atoms with Crippen molar-refractivity contribution in [1.29, 1.82) is 0 Å². The van der Waals surface area contributed by atoms with Gasteiger partial charge in [0, 0.05) is 6.61 Å². The van der Waals surface area contributed by atoms with Crippen molar-refractivity contribution in [2.75, 3.05) is 19.8 Å². The Hall–Kier alpha value is -0.135. The first-order chi connectivity index (χ1) is 14.8. The summed E-state index contributed by atoms with van der Waals surface area (Å²) in [7, 11) is -0.902. The third-order valence-corrected chi connectivity index (χ3v) is 5.21. The van der Waals surface area contributed by atoms with Crippen LogP contribution in [-0.4, -0.2) is 27.1 Å². The molecule has 30 heavy (non-hydrogen) atoms. The highest BCUT2D eigenvalue weighted by Crippen LogP contribution is 2.08. The molecule has 5 nitrogen and oxygen atoms in total. The second kappa shape index (κ2) is 26.9. The Balaban J connectivity index is 3.81. The molecule has 0 N–H and O–H groups in total. The molecule has 0 rings (SSSR count). The van der Waals surface area contributed by atoms with Crippen LogP contribution < -0.4 is 0 Å². The van der Waals surface area contributed by atoms with Crippen molar-refractivity contribution < 1.29 is 24.0 Å². The number of hydrogen-bond acceptors (Lipinski definition) is 5. The maximum absolute atomic E-state index is 5.67. The zero-order valence-electron chi connectivity index (χ0n) is 20.5. The SMILES string of the molecule is CCCCCCCCOOB(OCCCCCCCC)OOCCCCCCCC. The molecule has 0 aromatic heterocycles. The summed E-state index contributed by atoms with van der Waals surface area (Å²) in [4.78, 5) is 21.2. The van der Waals surface area contributed by atoms with E-state index >= 15 is 0 Å². The summed E-state index contributed by atoms with van der Waals surface area (Å²) < 4.78 is 5.67. The first-order valence-corrected chi connectivity index (χ1v) is 13.0.